The zero-order valence-electron chi connectivity index (χ0n) is 13.0. The van der Waals surface area contributed by atoms with Crippen molar-refractivity contribution in [3.63, 3.8) is 0 Å². The van der Waals surface area contributed by atoms with E-state index in [4.69, 9.17) is 11.6 Å². The minimum atomic E-state index is -0.0625. The number of nitrogens with one attached hydrogen (secondary N) is 1. The van der Waals surface area contributed by atoms with Gasteiger partial charge in [-0.1, -0.05) is 30.7 Å². The predicted octanol–water partition coefficient (Wildman–Crippen LogP) is 2.03. The second-order valence-electron chi connectivity index (χ2n) is 5.46. The fraction of sp³-hybridized carbons (Fsp3) is 0.500. The monoisotopic (exact) mass is 323 g/mol. The van der Waals surface area contributed by atoms with Gasteiger partial charge in [-0.05, 0) is 31.0 Å². The SMILES string of the molecule is CCC(NC(=O)CN1CC(=O)N(CC)C1)c1ccc(Cl)cc1. The standard InChI is InChI=1S/C16H22ClN3O2/c1-3-14(12-5-7-13(17)8-6-12)18-15(21)9-19-10-16(22)20(4-2)11-19/h5-8,14H,3-4,9-11H2,1-2H3,(H,18,21). The maximum atomic E-state index is 12.2. The van der Waals surface area contributed by atoms with E-state index in [1.807, 2.05) is 43.0 Å². The van der Waals surface area contributed by atoms with Crippen LogP contribution in [0.4, 0.5) is 0 Å². The van der Waals surface area contributed by atoms with Crippen LogP contribution < -0.4 is 5.32 Å². The van der Waals surface area contributed by atoms with Gasteiger partial charge in [-0.3, -0.25) is 14.5 Å². The summed E-state index contributed by atoms with van der Waals surface area (Å²) in [6.45, 7) is 5.73. The fourth-order valence-corrected chi connectivity index (χ4v) is 2.73. The number of carbonyl (C=O) groups excluding carboxylic acids is 2. The van der Waals surface area contributed by atoms with E-state index >= 15 is 0 Å². The van der Waals surface area contributed by atoms with E-state index in [2.05, 4.69) is 5.32 Å². The molecule has 1 aliphatic heterocycles. The molecule has 0 bridgehead atoms. The van der Waals surface area contributed by atoms with Gasteiger partial charge in [0.25, 0.3) is 0 Å². The molecule has 0 radical (unpaired) electrons. The summed E-state index contributed by atoms with van der Waals surface area (Å²) in [6.07, 6.45) is 0.799. The molecule has 1 heterocycles. The molecule has 0 spiro atoms. The van der Waals surface area contributed by atoms with E-state index in [0.29, 0.717) is 24.8 Å². The number of amides is 2. The Hall–Kier alpha value is -1.59. The third-order valence-electron chi connectivity index (χ3n) is 3.85. The van der Waals surface area contributed by atoms with Crippen LogP contribution in [-0.2, 0) is 9.59 Å². The summed E-state index contributed by atoms with van der Waals surface area (Å²) in [5.74, 6) is 0.0209. The largest absolute Gasteiger partial charge is 0.348 e. The van der Waals surface area contributed by atoms with Gasteiger partial charge in [0.15, 0.2) is 0 Å². The number of hydrogen-bond acceptors (Lipinski definition) is 3. The smallest absolute Gasteiger partial charge is 0.237 e. The van der Waals surface area contributed by atoms with E-state index in [1.165, 1.54) is 0 Å². The molecular weight excluding hydrogens is 302 g/mol. The van der Waals surface area contributed by atoms with Gasteiger partial charge in [0.05, 0.1) is 25.8 Å². The molecule has 120 valence electrons. The Bertz CT molecular complexity index is 533. The van der Waals surface area contributed by atoms with Crippen molar-refractivity contribution in [2.24, 2.45) is 0 Å². The lowest BCUT2D eigenvalue weighted by Crippen LogP contribution is -2.38. The molecule has 1 N–H and O–H groups in total. The highest BCUT2D eigenvalue weighted by atomic mass is 35.5. The quantitative estimate of drug-likeness (QED) is 0.871. The number of halogens is 1. The molecule has 22 heavy (non-hydrogen) atoms. The van der Waals surface area contributed by atoms with Crippen molar-refractivity contribution >= 4 is 23.4 Å². The van der Waals surface area contributed by atoms with Gasteiger partial charge in [-0.25, -0.2) is 0 Å². The molecule has 0 aromatic heterocycles. The van der Waals surface area contributed by atoms with E-state index in [1.54, 1.807) is 4.90 Å². The molecule has 2 amide bonds. The van der Waals surface area contributed by atoms with Crippen LogP contribution in [0.5, 0.6) is 0 Å². The van der Waals surface area contributed by atoms with Crippen molar-refractivity contribution in [3.8, 4) is 0 Å². The van der Waals surface area contributed by atoms with Crippen LogP contribution >= 0.6 is 11.6 Å². The molecule has 1 fully saturated rings. The van der Waals surface area contributed by atoms with Gasteiger partial charge in [0.1, 0.15) is 0 Å². The second kappa shape index (κ2) is 7.61. The Morgan fingerprint density at radius 3 is 2.55 bits per heavy atom. The highest BCUT2D eigenvalue weighted by Crippen LogP contribution is 2.19. The number of nitrogens with zero attached hydrogens (tertiary/aromatic N) is 2. The summed E-state index contributed by atoms with van der Waals surface area (Å²) in [4.78, 5) is 27.5. The molecule has 1 atom stereocenters. The summed E-state index contributed by atoms with van der Waals surface area (Å²) < 4.78 is 0. The molecule has 6 heteroatoms. The van der Waals surface area contributed by atoms with Crippen LogP contribution in [0, 0.1) is 0 Å². The first-order chi connectivity index (χ1) is 10.5. The lowest BCUT2D eigenvalue weighted by Gasteiger charge is -2.20. The third-order valence-corrected chi connectivity index (χ3v) is 4.10. The summed E-state index contributed by atoms with van der Waals surface area (Å²) in [6, 6.07) is 7.46. The van der Waals surface area contributed by atoms with Gasteiger partial charge >= 0.3 is 0 Å². The average Bonchev–Trinajstić information content (AvgIpc) is 2.85. The Morgan fingerprint density at radius 2 is 2.00 bits per heavy atom. The first kappa shape index (κ1) is 16.8. The van der Waals surface area contributed by atoms with Crippen molar-refractivity contribution in [2.45, 2.75) is 26.3 Å². The normalized spacial score (nSPS) is 16.9. The van der Waals surface area contributed by atoms with E-state index in [-0.39, 0.29) is 24.4 Å². The van der Waals surface area contributed by atoms with Crippen LogP contribution in [0.2, 0.25) is 5.02 Å². The Balaban J connectivity index is 1.90. The number of likely N-dealkylation sites (N-methyl/N-ethyl adjacent to an activating group) is 1. The second-order valence-corrected chi connectivity index (χ2v) is 5.89. The van der Waals surface area contributed by atoms with Crippen LogP contribution in [0.25, 0.3) is 0 Å². The zero-order valence-corrected chi connectivity index (χ0v) is 13.8. The molecule has 2 rings (SSSR count). The van der Waals surface area contributed by atoms with Gasteiger partial charge in [0.2, 0.25) is 11.8 Å². The van der Waals surface area contributed by atoms with E-state index < -0.39 is 0 Å². The number of carbonyl (C=O) groups is 2. The maximum Gasteiger partial charge on any atom is 0.237 e. The van der Waals surface area contributed by atoms with Gasteiger partial charge in [-0.15, -0.1) is 0 Å². The van der Waals surface area contributed by atoms with Crippen molar-refractivity contribution < 1.29 is 9.59 Å². The summed E-state index contributed by atoms with van der Waals surface area (Å²) >= 11 is 5.89. The third kappa shape index (κ3) is 4.21. The summed E-state index contributed by atoms with van der Waals surface area (Å²) in [7, 11) is 0. The lowest BCUT2D eigenvalue weighted by molar-refractivity contribution is -0.126. The Labute approximate surface area is 136 Å². The van der Waals surface area contributed by atoms with E-state index in [0.717, 1.165) is 12.0 Å². The Kier molecular flexibility index (Phi) is 5.80. The number of benzene rings is 1. The molecule has 1 saturated heterocycles. The molecule has 1 unspecified atom stereocenters. The number of rotatable bonds is 6. The van der Waals surface area contributed by atoms with Crippen molar-refractivity contribution in [1.29, 1.82) is 0 Å². The Morgan fingerprint density at radius 1 is 1.32 bits per heavy atom. The van der Waals surface area contributed by atoms with Crippen LogP contribution in [0.1, 0.15) is 31.9 Å². The van der Waals surface area contributed by atoms with Crippen molar-refractivity contribution in [1.82, 2.24) is 15.1 Å². The first-order valence-corrected chi connectivity index (χ1v) is 7.96. The summed E-state index contributed by atoms with van der Waals surface area (Å²) in [5.41, 5.74) is 1.04. The molecule has 1 aromatic rings. The van der Waals surface area contributed by atoms with E-state index in [9.17, 15) is 9.59 Å². The van der Waals surface area contributed by atoms with Gasteiger partial charge < -0.3 is 10.2 Å². The first-order valence-electron chi connectivity index (χ1n) is 7.58. The van der Waals surface area contributed by atoms with Crippen LogP contribution in [0.3, 0.4) is 0 Å². The summed E-state index contributed by atoms with van der Waals surface area (Å²) in [5, 5.41) is 3.70. The molecule has 0 aliphatic carbocycles. The molecule has 5 nitrogen and oxygen atoms in total. The van der Waals surface area contributed by atoms with Crippen molar-refractivity contribution in [3.05, 3.63) is 34.9 Å². The minimum Gasteiger partial charge on any atom is -0.348 e. The number of hydrogen-bond donors (Lipinski definition) is 1. The van der Waals surface area contributed by atoms with Gasteiger partial charge in [0, 0.05) is 11.6 Å². The highest BCUT2D eigenvalue weighted by molar-refractivity contribution is 6.30. The predicted molar refractivity (Wildman–Crippen MR) is 86.5 cm³/mol. The molecular formula is C16H22ClN3O2. The molecule has 1 aromatic carbocycles. The minimum absolute atomic E-state index is 0.0367. The zero-order chi connectivity index (χ0) is 16.1. The topological polar surface area (TPSA) is 52.7 Å². The van der Waals surface area contributed by atoms with Crippen molar-refractivity contribution in [2.75, 3.05) is 26.3 Å². The molecule has 0 saturated carbocycles. The highest BCUT2D eigenvalue weighted by Gasteiger charge is 2.27. The molecule has 1 aliphatic rings. The lowest BCUT2D eigenvalue weighted by atomic mass is 10.0. The maximum absolute atomic E-state index is 12.2. The fourth-order valence-electron chi connectivity index (χ4n) is 2.60. The van der Waals surface area contributed by atoms with Crippen LogP contribution in [0.15, 0.2) is 24.3 Å². The van der Waals surface area contributed by atoms with Crippen LogP contribution in [-0.4, -0.2) is 47.9 Å². The van der Waals surface area contributed by atoms with Gasteiger partial charge in [-0.2, -0.15) is 0 Å². The average molecular weight is 324 g/mol.